The van der Waals surface area contributed by atoms with Gasteiger partial charge < -0.3 is 29.4 Å². The van der Waals surface area contributed by atoms with E-state index >= 15 is 0 Å². The number of hydrogen-bond donors (Lipinski definition) is 3. The van der Waals surface area contributed by atoms with E-state index in [-0.39, 0.29) is 21.7 Å². The highest BCUT2D eigenvalue weighted by atomic mass is 16.5. The van der Waals surface area contributed by atoms with Gasteiger partial charge >= 0.3 is 14.8 Å². The molecule has 8 heteroatoms. The smallest absolute Gasteiger partial charge is 0.504 e. The van der Waals surface area contributed by atoms with Crippen LogP contribution in [0.15, 0.2) is 188 Å². The van der Waals surface area contributed by atoms with Crippen molar-refractivity contribution in [1.82, 2.24) is 0 Å². The number of benzene rings is 9. The normalized spacial score (nSPS) is 12.6. The quantitative estimate of drug-likeness (QED) is 0.118. The van der Waals surface area contributed by atoms with Crippen LogP contribution < -0.4 is 19.8 Å². The van der Waals surface area contributed by atoms with Crippen molar-refractivity contribution >= 4 is 37.3 Å². The lowest BCUT2D eigenvalue weighted by molar-refractivity contribution is 0.424. The molecule has 1 aliphatic heterocycles. The maximum absolute atomic E-state index is 10.4. The van der Waals surface area contributed by atoms with Crippen molar-refractivity contribution in [1.29, 1.82) is 0 Å². The fourth-order valence-electron chi connectivity index (χ4n) is 10.4. The Morgan fingerprint density at radius 1 is 0.359 bits per heavy atom. The lowest BCUT2D eigenvalue weighted by Crippen LogP contribution is -2.30. The van der Waals surface area contributed by atoms with Gasteiger partial charge in [0, 0.05) is 11.8 Å². The largest absolute Gasteiger partial charge is 0.539 e. The first-order valence-electron chi connectivity index (χ1n) is 27.2. The Kier molecular flexibility index (Phi) is 14.2. The van der Waals surface area contributed by atoms with Crippen LogP contribution in [-0.2, 0) is 21.7 Å². The molecule has 0 saturated heterocycles. The highest BCUT2D eigenvalue weighted by Gasteiger charge is 2.30. The van der Waals surface area contributed by atoms with Crippen LogP contribution in [-0.4, -0.2) is 29.9 Å². The third-order valence-electron chi connectivity index (χ3n) is 15.2. The molecular formula is C70H71B2NO5. The van der Waals surface area contributed by atoms with Crippen LogP contribution in [0.25, 0.3) is 66.8 Å². The molecule has 3 N–H and O–H groups in total. The van der Waals surface area contributed by atoms with E-state index in [1.807, 2.05) is 18.2 Å². The molecule has 0 unspecified atom stereocenters. The van der Waals surface area contributed by atoms with Crippen molar-refractivity contribution in [2.75, 3.05) is 4.90 Å². The average Bonchev–Trinajstić information content (AvgIpc) is 3.61. The van der Waals surface area contributed by atoms with E-state index in [1.165, 1.54) is 22.3 Å². The zero-order chi connectivity index (χ0) is 55.5. The number of fused-ring (bicyclic) bond motifs is 2. The summed E-state index contributed by atoms with van der Waals surface area (Å²) in [4.78, 5) is 2.17. The topological polar surface area (TPSA) is 82.4 Å². The van der Waals surface area contributed by atoms with Crippen molar-refractivity contribution in [3.63, 3.8) is 0 Å². The second-order valence-electron chi connectivity index (χ2n) is 25.1. The van der Waals surface area contributed by atoms with E-state index in [1.54, 1.807) is 18.2 Å². The second kappa shape index (κ2) is 20.6. The van der Waals surface area contributed by atoms with E-state index in [0.717, 1.165) is 78.1 Å². The number of rotatable bonds is 10. The van der Waals surface area contributed by atoms with Gasteiger partial charge in [-0.25, -0.2) is 0 Å². The summed E-state index contributed by atoms with van der Waals surface area (Å²) in [6.07, 6.45) is 0. The monoisotopic (exact) mass is 1030 g/mol. The van der Waals surface area contributed by atoms with Crippen molar-refractivity contribution in [2.45, 2.75) is 105 Å². The summed E-state index contributed by atoms with van der Waals surface area (Å²) < 4.78 is 12.2. The fraction of sp³-hybridized carbons (Fsp3) is 0.229. The van der Waals surface area contributed by atoms with Gasteiger partial charge in [-0.1, -0.05) is 186 Å². The van der Waals surface area contributed by atoms with E-state index < -0.39 is 14.8 Å². The highest BCUT2D eigenvalue weighted by Crippen LogP contribution is 2.53. The Hall–Kier alpha value is -7.61. The Morgan fingerprint density at radius 2 is 0.654 bits per heavy atom. The zero-order valence-corrected chi connectivity index (χ0v) is 47.3. The molecule has 1 heterocycles. The minimum absolute atomic E-state index is 0.00369. The van der Waals surface area contributed by atoms with Crippen LogP contribution in [0.4, 0.5) is 17.1 Å². The zero-order valence-electron chi connectivity index (χ0n) is 47.3. The van der Waals surface area contributed by atoms with E-state index in [4.69, 9.17) is 9.39 Å². The number of ether oxygens (including phenoxy) is 1. The van der Waals surface area contributed by atoms with Crippen molar-refractivity contribution in [3.8, 4) is 84.0 Å². The second-order valence-corrected chi connectivity index (χ2v) is 25.1. The van der Waals surface area contributed by atoms with Crippen LogP contribution in [0.2, 0.25) is 0 Å². The Bertz CT molecular complexity index is 3320. The van der Waals surface area contributed by atoms with Gasteiger partial charge in [-0.3, -0.25) is 0 Å². The highest BCUT2D eigenvalue weighted by molar-refractivity contribution is 6.58. The number of hydrogen-bond acceptors (Lipinski definition) is 6. The number of nitrogens with zero attached hydrogens (tertiary/aromatic N) is 1. The molecule has 392 valence electrons. The van der Waals surface area contributed by atoms with Crippen molar-refractivity contribution < 1.29 is 24.5 Å². The molecule has 1 aliphatic rings. The van der Waals surface area contributed by atoms with Crippen LogP contribution in [0.3, 0.4) is 0 Å². The summed E-state index contributed by atoms with van der Waals surface area (Å²) in [6.45, 7) is 27.0. The summed E-state index contributed by atoms with van der Waals surface area (Å²) in [5.74, 6) is 1.34. The van der Waals surface area contributed by atoms with Crippen LogP contribution >= 0.6 is 0 Å². The van der Waals surface area contributed by atoms with Gasteiger partial charge in [0.05, 0.1) is 11.4 Å². The lowest BCUT2D eigenvalue weighted by atomic mass is 9.80. The molecule has 78 heavy (non-hydrogen) atoms. The van der Waals surface area contributed by atoms with Crippen LogP contribution in [0, 0.1) is 0 Å². The van der Waals surface area contributed by atoms with Gasteiger partial charge in [0.1, 0.15) is 5.75 Å². The van der Waals surface area contributed by atoms with Crippen molar-refractivity contribution in [3.05, 3.63) is 210 Å². The summed E-state index contributed by atoms with van der Waals surface area (Å²) in [7, 11) is -2.21. The summed E-state index contributed by atoms with van der Waals surface area (Å²) >= 11 is 0. The van der Waals surface area contributed by atoms with Crippen LogP contribution in [0.5, 0.6) is 17.2 Å². The maximum atomic E-state index is 10.4. The molecule has 9 aromatic carbocycles. The fourth-order valence-corrected chi connectivity index (χ4v) is 10.4. The standard InChI is InChI=1S/C70H71B2NO5/c1-67(2,3)56-21-13-44(14-22-56)48-33-49(45-15-23-57(24-16-45)68(4,5)6)36-52(35-48)54-39-55(41-61(40-54)73-63-31-29-60(72(75)76)42-65(63)77-66-43-62(78-71-74)30-32-64(66)73)53-37-50(46-17-25-58(26-18-46)69(7,8)9)34-51(38-53)47-19-27-59(28-20-47)70(10,11)12/h13-43,71,74-76H,1-12H3. The maximum Gasteiger partial charge on any atom is 0.504 e. The lowest BCUT2D eigenvalue weighted by Gasteiger charge is -2.34. The van der Waals surface area contributed by atoms with Gasteiger partial charge in [-0.05, 0) is 195 Å². The molecule has 0 aromatic heterocycles. The molecule has 0 spiro atoms. The first-order chi connectivity index (χ1) is 36.9. The van der Waals surface area contributed by atoms with Gasteiger partial charge in [0.25, 0.3) is 0 Å². The van der Waals surface area contributed by atoms with E-state index in [0.29, 0.717) is 28.4 Å². The molecule has 6 nitrogen and oxygen atoms in total. The number of anilines is 3. The minimum Gasteiger partial charge on any atom is -0.539 e. The molecular weight excluding hydrogens is 956 g/mol. The van der Waals surface area contributed by atoms with E-state index in [2.05, 4.69) is 240 Å². The SMILES string of the molecule is CC(C)(C)c1ccc(-c2cc(-c3ccc(C(C)(C)C)cc3)cc(-c3cc(-c4cc(-c5ccc(C(C)(C)C)cc5)cc(-c5ccc(C(C)(C)C)cc5)c4)cc(N4c5ccc(OBO)cc5Oc5cc(B(O)O)ccc54)c3)c2)cc1. The Morgan fingerprint density at radius 3 is 0.962 bits per heavy atom. The summed E-state index contributed by atoms with van der Waals surface area (Å²) in [6, 6.07) is 67.4. The minimum atomic E-state index is -1.71. The van der Waals surface area contributed by atoms with E-state index in [9.17, 15) is 15.1 Å². The molecule has 0 saturated carbocycles. The molecule has 0 aliphatic carbocycles. The van der Waals surface area contributed by atoms with Gasteiger partial charge in [-0.15, -0.1) is 0 Å². The van der Waals surface area contributed by atoms with Crippen LogP contribution in [0.1, 0.15) is 105 Å². The first kappa shape index (κ1) is 53.8. The van der Waals surface area contributed by atoms with Gasteiger partial charge in [0.2, 0.25) is 0 Å². The predicted molar refractivity (Wildman–Crippen MR) is 328 cm³/mol. The first-order valence-corrected chi connectivity index (χ1v) is 27.2. The molecule has 0 amide bonds. The third-order valence-corrected chi connectivity index (χ3v) is 15.2. The Balaban J connectivity index is 1.25. The molecule has 0 bridgehead atoms. The summed E-state index contributed by atoms with van der Waals surface area (Å²) in [5.41, 5.74) is 20.7. The third kappa shape index (κ3) is 11.4. The van der Waals surface area contributed by atoms with Gasteiger partial charge in [-0.2, -0.15) is 0 Å². The predicted octanol–water partition coefficient (Wildman–Crippen LogP) is 16.8. The van der Waals surface area contributed by atoms with Gasteiger partial charge in [0.15, 0.2) is 11.5 Å². The summed E-state index contributed by atoms with van der Waals surface area (Å²) in [5, 5.41) is 30.6. The molecule has 0 radical (unpaired) electrons. The molecule has 10 rings (SSSR count). The average molecular weight is 1030 g/mol. The molecule has 0 fully saturated rings. The Labute approximate surface area is 463 Å². The molecule has 9 aromatic rings. The van der Waals surface area contributed by atoms with Crippen molar-refractivity contribution in [2.24, 2.45) is 0 Å². The molecule has 0 atom stereocenters.